The van der Waals surface area contributed by atoms with E-state index in [1.54, 1.807) is 0 Å². The van der Waals surface area contributed by atoms with Gasteiger partial charge >= 0.3 is 12.1 Å². The predicted molar refractivity (Wildman–Crippen MR) is 93.2 cm³/mol. The van der Waals surface area contributed by atoms with Crippen LogP contribution in [0.3, 0.4) is 0 Å². The quantitative estimate of drug-likeness (QED) is 0.547. The van der Waals surface area contributed by atoms with E-state index in [2.05, 4.69) is 17.5 Å². The molecule has 0 aromatic carbocycles. The molecule has 7 heteroatoms. The number of alkyl carbamates (subject to hydrolysis) is 1. The predicted octanol–water partition coefficient (Wildman–Crippen LogP) is 2.34. The minimum absolute atomic E-state index is 0.0322. The van der Waals surface area contributed by atoms with Gasteiger partial charge in [0.1, 0.15) is 18.8 Å². The van der Waals surface area contributed by atoms with Gasteiger partial charge in [0.05, 0.1) is 6.10 Å². The zero-order valence-corrected chi connectivity index (χ0v) is 15.1. The summed E-state index contributed by atoms with van der Waals surface area (Å²) in [6.07, 6.45) is 9.47. The lowest BCUT2D eigenvalue weighted by molar-refractivity contribution is -0.286. The maximum atomic E-state index is 12.2. The first-order chi connectivity index (χ1) is 12.4. The molecule has 3 aliphatic heterocycles. The van der Waals surface area contributed by atoms with Crippen LogP contribution in [0.25, 0.3) is 0 Å². The molecule has 1 amide bonds. The van der Waals surface area contributed by atoms with Crippen LogP contribution in [0.2, 0.25) is 0 Å². The number of aliphatic hydroxyl groups is 1. The lowest BCUT2D eigenvalue weighted by Crippen LogP contribution is -2.58. The van der Waals surface area contributed by atoms with Crippen LogP contribution in [0.4, 0.5) is 4.79 Å². The van der Waals surface area contributed by atoms with E-state index >= 15 is 0 Å². The Kier molecular flexibility index (Phi) is 5.98. The fraction of sp³-hybridized carbons (Fsp3) is 0.684. The summed E-state index contributed by atoms with van der Waals surface area (Å²) < 4.78 is 16.4. The number of carbonyl (C=O) groups excluding carboxylic acids is 2. The molecule has 0 aromatic rings. The first kappa shape index (κ1) is 18.9. The van der Waals surface area contributed by atoms with E-state index < -0.39 is 30.0 Å². The summed E-state index contributed by atoms with van der Waals surface area (Å²) in [5, 5.41) is 13.6. The van der Waals surface area contributed by atoms with Crippen LogP contribution in [0.5, 0.6) is 0 Å². The highest BCUT2D eigenvalue weighted by Crippen LogP contribution is 2.35. The van der Waals surface area contributed by atoms with Crippen molar-refractivity contribution in [2.24, 2.45) is 0 Å². The molecule has 2 saturated heterocycles. The summed E-state index contributed by atoms with van der Waals surface area (Å²) in [5.41, 5.74) is 0.965. The van der Waals surface area contributed by atoms with Gasteiger partial charge in [-0.25, -0.2) is 9.59 Å². The number of amides is 1. The lowest BCUT2D eigenvalue weighted by atomic mass is 9.91. The fourth-order valence-corrected chi connectivity index (χ4v) is 3.69. The molecule has 0 aliphatic carbocycles. The highest BCUT2D eigenvalue weighted by molar-refractivity contribution is 5.82. The molecular weight excluding hydrogens is 338 g/mol. The van der Waals surface area contributed by atoms with Gasteiger partial charge in [-0.1, -0.05) is 17.7 Å². The van der Waals surface area contributed by atoms with Crippen LogP contribution < -0.4 is 5.32 Å². The van der Waals surface area contributed by atoms with Gasteiger partial charge in [-0.05, 0) is 39.0 Å². The molecule has 2 fully saturated rings. The molecule has 3 rings (SSSR count). The Morgan fingerprint density at radius 3 is 2.81 bits per heavy atom. The number of fused-ring (bicyclic) bond motifs is 2. The van der Waals surface area contributed by atoms with E-state index in [0.717, 1.165) is 37.7 Å². The molecule has 0 spiro atoms. The Balaban J connectivity index is 1.76. The SMILES string of the molecule is C/C1=C/C(=O)OC2C[C@@H](CCC/C=C\CC1)OC(O)(C1COC(=O)N1)C2. The lowest BCUT2D eigenvalue weighted by Gasteiger charge is -2.43. The smallest absolute Gasteiger partial charge is 0.407 e. The first-order valence-corrected chi connectivity index (χ1v) is 9.31. The molecule has 0 radical (unpaired) electrons. The molecule has 0 aromatic heterocycles. The molecule has 3 heterocycles. The van der Waals surface area contributed by atoms with Crippen LogP contribution in [0.15, 0.2) is 23.8 Å². The molecular formula is C19H27NO6. The van der Waals surface area contributed by atoms with Crippen molar-refractivity contribution in [2.75, 3.05) is 6.61 Å². The minimum Gasteiger partial charge on any atom is -0.459 e. The number of allylic oxidation sites excluding steroid dienone is 3. The number of hydrogen-bond donors (Lipinski definition) is 2. The Hall–Kier alpha value is -1.86. The number of carbonyl (C=O) groups is 2. The summed E-state index contributed by atoms with van der Waals surface area (Å²) in [5.74, 6) is -2.01. The van der Waals surface area contributed by atoms with Crippen LogP contribution >= 0.6 is 0 Å². The molecule has 144 valence electrons. The Morgan fingerprint density at radius 2 is 2.04 bits per heavy atom. The molecule has 3 aliphatic rings. The maximum absolute atomic E-state index is 12.2. The zero-order valence-electron chi connectivity index (χ0n) is 15.1. The van der Waals surface area contributed by atoms with Crippen molar-refractivity contribution in [1.82, 2.24) is 5.32 Å². The van der Waals surface area contributed by atoms with Gasteiger partial charge in [0.15, 0.2) is 5.79 Å². The van der Waals surface area contributed by atoms with Gasteiger partial charge in [0.2, 0.25) is 0 Å². The Bertz CT molecular complexity index is 601. The van der Waals surface area contributed by atoms with Crippen molar-refractivity contribution in [3.05, 3.63) is 23.8 Å². The van der Waals surface area contributed by atoms with E-state index in [-0.39, 0.29) is 19.1 Å². The van der Waals surface area contributed by atoms with Crippen LogP contribution in [0.1, 0.15) is 51.9 Å². The van der Waals surface area contributed by atoms with Crippen molar-refractivity contribution < 1.29 is 28.9 Å². The monoisotopic (exact) mass is 365 g/mol. The summed E-state index contributed by atoms with van der Waals surface area (Å²) in [6, 6.07) is -0.671. The molecule has 2 bridgehead atoms. The zero-order chi connectivity index (χ0) is 18.6. The molecule has 7 nitrogen and oxygen atoms in total. The number of ether oxygens (including phenoxy) is 3. The van der Waals surface area contributed by atoms with Gasteiger partial charge < -0.3 is 24.6 Å². The molecule has 3 unspecified atom stereocenters. The Labute approximate surface area is 153 Å². The highest BCUT2D eigenvalue weighted by atomic mass is 16.6. The maximum Gasteiger partial charge on any atom is 0.407 e. The van der Waals surface area contributed by atoms with Gasteiger partial charge in [0.25, 0.3) is 0 Å². The second kappa shape index (κ2) is 8.22. The topological polar surface area (TPSA) is 94.1 Å². The minimum atomic E-state index is -1.61. The third-order valence-corrected chi connectivity index (χ3v) is 5.05. The normalized spacial score (nSPS) is 39.6. The molecule has 2 N–H and O–H groups in total. The highest BCUT2D eigenvalue weighted by Gasteiger charge is 2.50. The van der Waals surface area contributed by atoms with Crippen LogP contribution in [-0.4, -0.2) is 47.8 Å². The molecule has 4 atom stereocenters. The van der Waals surface area contributed by atoms with E-state index in [1.165, 1.54) is 6.08 Å². The van der Waals surface area contributed by atoms with Gasteiger partial charge in [-0.3, -0.25) is 0 Å². The van der Waals surface area contributed by atoms with Crippen LogP contribution in [-0.2, 0) is 19.0 Å². The second-order valence-corrected chi connectivity index (χ2v) is 7.31. The number of esters is 1. The summed E-state index contributed by atoms with van der Waals surface area (Å²) in [4.78, 5) is 23.6. The van der Waals surface area contributed by atoms with Gasteiger partial charge in [0, 0.05) is 18.9 Å². The average Bonchev–Trinajstić information content (AvgIpc) is 3.00. The number of hydrogen-bond acceptors (Lipinski definition) is 6. The van der Waals surface area contributed by atoms with Gasteiger partial charge in [-0.15, -0.1) is 0 Å². The number of rotatable bonds is 1. The summed E-state index contributed by atoms with van der Waals surface area (Å²) >= 11 is 0. The molecule has 0 saturated carbocycles. The average molecular weight is 365 g/mol. The first-order valence-electron chi connectivity index (χ1n) is 9.31. The third kappa shape index (κ3) is 4.86. The van der Waals surface area contributed by atoms with Crippen molar-refractivity contribution in [1.29, 1.82) is 0 Å². The van der Waals surface area contributed by atoms with Crippen molar-refractivity contribution in [2.45, 2.75) is 75.9 Å². The van der Waals surface area contributed by atoms with Gasteiger partial charge in [-0.2, -0.15) is 0 Å². The number of nitrogens with one attached hydrogen (secondary N) is 1. The second-order valence-electron chi connectivity index (χ2n) is 7.31. The van der Waals surface area contributed by atoms with E-state index in [0.29, 0.717) is 6.42 Å². The summed E-state index contributed by atoms with van der Waals surface area (Å²) in [6.45, 7) is 1.94. The van der Waals surface area contributed by atoms with Crippen LogP contribution in [0, 0.1) is 0 Å². The standard InChI is InChI=1S/C19H27NO6/c1-13-7-5-3-2-4-6-8-14-10-15(25-17(21)9-13)11-19(23,26-14)16-12-24-18(22)20-16/h2-3,9,14-16,23H,4-8,10-12H2,1H3,(H,20,22)/b3-2-,13-9-/t14-,15?,16?,19?/m1/s1. The van der Waals surface area contributed by atoms with Crippen molar-refractivity contribution in [3.63, 3.8) is 0 Å². The largest absolute Gasteiger partial charge is 0.459 e. The van der Waals surface area contributed by atoms with E-state index in [1.807, 2.05) is 6.92 Å². The van der Waals surface area contributed by atoms with Crippen molar-refractivity contribution in [3.8, 4) is 0 Å². The van der Waals surface area contributed by atoms with E-state index in [4.69, 9.17) is 14.2 Å². The Morgan fingerprint density at radius 1 is 1.23 bits per heavy atom. The van der Waals surface area contributed by atoms with Crippen molar-refractivity contribution >= 4 is 12.1 Å². The molecule has 26 heavy (non-hydrogen) atoms. The third-order valence-electron chi connectivity index (χ3n) is 5.05. The number of cyclic esters (lactones) is 1. The summed E-state index contributed by atoms with van der Waals surface area (Å²) in [7, 11) is 0. The fourth-order valence-electron chi connectivity index (χ4n) is 3.69. The van der Waals surface area contributed by atoms with E-state index in [9.17, 15) is 14.7 Å².